The lowest BCUT2D eigenvalue weighted by atomic mass is 9.81. The average molecular weight is 777 g/mol. The van der Waals surface area contributed by atoms with Crippen LogP contribution in [-0.2, 0) is 57.0 Å². The second-order valence-electron chi connectivity index (χ2n) is 13.7. The van der Waals surface area contributed by atoms with E-state index in [1.807, 2.05) is 0 Å². The molecule has 20 heteroatoms. The van der Waals surface area contributed by atoms with Crippen LogP contribution in [0.5, 0.6) is 0 Å². The number of aliphatic hydroxyl groups is 8. The highest BCUT2D eigenvalue weighted by atomic mass is 16.8. The Labute approximate surface area is 309 Å². The zero-order valence-electron chi connectivity index (χ0n) is 29.6. The first kappa shape index (κ1) is 41.9. The normalized spacial score (nSPS) is 43.3. The van der Waals surface area contributed by atoms with Crippen LogP contribution in [-0.4, -0.2) is 166 Å². The second kappa shape index (κ2) is 17.7. The monoisotopic (exact) mass is 776 g/mol. The summed E-state index contributed by atoms with van der Waals surface area (Å²) >= 11 is 0. The molecule has 0 aromatic heterocycles. The predicted molar refractivity (Wildman–Crippen MR) is 172 cm³/mol. The van der Waals surface area contributed by atoms with Gasteiger partial charge in [-0.05, 0) is 6.42 Å². The molecule has 0 radical (unpaired) electrons. The van der Waals surface area contributed by atoms with Gasteiger partial charge in [-0.3, -0.25) is 4.79 Å². The molecule has 54 heavy (non-hydrogen) atoms. The van der Waals surface area contributed by atoms with E-state index in [0.717, 1.165) is 19.6 Å². The molecule has 0 bridgehead atoms. The van der Waals surface area contributed by atoms with Crippen molar-refractivity contribution < 1.29 is 97.9 Å². The fourth-order valence-corrected chi connectivity index (χ4v) is 7.62. The van der Waals surface area contributed by atoms with Crippen LogP contribution < -0.4 is 0 Å². The zero-order chi connectivity index (χ0) is 39.6. The predicted octanol–water partition coefficient (Wildman–Crippen LogP) is -3.56. The highest BCUT2D eigenvalue weighted by Crippen LogP contribution is 2.49. The first-order chi connectivity index (χ1) is 25.7. The molecular weight excluding hydrogens is 728 g/mol. The van der Waals surface area contributed by atoms with E-state index in [4.69, 9.17) is 42.6 Å². The number of methoxy groups -OCH3 is 2. The van der Waals surface area contributed by atoms with Crippen LogP contribution in [0.1, 0.15) is 19.8 Å². The van der Waals surface area contributed by atoms with Gasteiger partial charge in [-0.2, -0.15) is 0 Å². The largest absolute Gasteiger partial charge is 0.472 e. The molecule has 3 fully saturated rings. The molecule has 8 N–H and O–H groups in total. The quantitative estimate of drug-likeness (QED) is 0.0540. The first-order valence-corrected chi connectivity index (χ1v) is 17.3. The molecule has 0 aromatic carbocycles. The molecule has 2 saturated heterocycles. The van der Waals surface area contributed by atoms with Crippen molar-refractivity contribution in [2.75, 3.05) is 27.4 Å². The number of hydrogen-bond acceptors (Lipinski definition) is 20. The lowest BCUT2D eigenvalue weighted by molar-refractivity contribution is -0.342. The maximum absolute atomic E-state index is 13.7. The van der Waals surface area contributed by atoms with Crippen LogP contribution in [0, 0.1) is 29.6 Å². The van der Waals surface area contributed by atoms with Crippen molar-refractivity contribution in [1.82, 2.24) is 0 Å². The Hall–Kier alpha value is -3.25. The number of rotatable bonds is 12. The Morgan fingerprint density at radius 1 is 0.759 bits per heavy atom. The van der Waals surface area contributed by atoms with E-state index >= 15 is 0 Å². The van der Waals surface area contributed by atoms with Gasteiger partial charge in [-0.15, -0.1) is 6.58 Å². The highest BCUT2D eigenvalue weighted by molar-refractivity contribution is 5.90. The van der Waals surface area contributed by atoms with E-state index in [-0.39, 0.29) is 17.6 Å². The van der Waals surface area contributed by atoms with Crippen LogP contribution in [0.25, 0.3) is 0 Å². The van der Waals surface area contributed by atoms with E-state index in [0.29, 0.717) is 0 Å². The van der Waals surface area contributed by atoms with Gasteiger partial charge in [0.1, 0.15) is 54.9 Å². The van der Waals surface area contributed by atoms with Crippen molar-refractivity contribution in [3.05, 3.63) is 36.3 Å². The average Bonchev–Trinajstić information content (AvgIpc) is 3.49. The summed E-state index contributed by atoms with van der Waals surface area (Å²) in [5, 5.41) is 81.1. The fourth-order valence-electron chi connectivity index (χ4n) is 7.62. The maximum Gasteiger partial charge on any atom is 0.337 e. The summed E-state index contributed by atoms with van der Waals surface area (Å²) in [4.78, 5) is 39.3. The van der Waals surface area contributed by atoms with E-state index in [1.54, 1.807) is 6.92 Å². The van der Waals surface area contributed by atoms with Crippen LogP contribution >= 0.6 is 0 Å². The molecule has 5 aliphatic rings. The lowest BCUT2D eigenvalue weighted by Gasteiger charge is -2.43. The summed E-state index contributed by atoms with van der Waals surface area (Å²) in [7, 11) is 2.30. The standard InChI is InChI=1S/C34H48O20/c1-5-13-14(16(29(44)46-3)10-48-31(13)53-33-27(42)25(40)23(38)19(8-35)51-33)7-21(37)50-18-6-15-17(30(45)47-4)11-49-32(22(15)12(18)2)54-34-28(43)26(41)24(39)20(9-36)52-34/h5,10-15,18-20,22-28,31-36,38-43H,1,6-9H2,2-4H3/t12-,13+,14-,15+,18-,19+,20+,22+,23+,24+,25-,26-,27+,28+,31-,32-,33-,34-/m0/s1. The number of ether oxygens (including phenoxy) is 9. The molecule has 0 unspecified atom stereocenters. The van der Waals surface area contributed by atoms with Crippen LogP contribution in [0.2, 0.25) is 0 Å². The van der Waals surface area contributed by atoms with E-state index in [1.165, 1.54) is 13.2 Å². The summed E-state index contributed by atoms with van der Waals surface area (Å²) in [5.41, 5.74) is 0.0280. The molecule has 0 amide bonds. The number of hydrogen-bond donors (Lipinski definition) is 8. The molecule has 4 heterocycles. The van der Waals surface area contributed by atoms with Crippen LogP contribution in [0.4, 0.5) is 0 Å². The third-order valence-electron chi connectivity index (χ3n) is 10.7. The summed E-state index contributed by atoms with van der Waals surface area (Å²) in [5.74, 6) is -6.38. The minimum atomic E-state index is -1.78. The van der Waals surface area contributed by atoms with Gasteiger partial charge in [-0.25, -0.2) is 9.59 Å². The van der Waals surface area contributed by atoms with Gasteiger partial charge in [-0.1, -0.05) is 13.0 Å². The SMILES string of the molecule is C=C[C@H]1[C@H](O[C@@H]2O[C@H](CO)[C@@H](O)[C@H](O)[C@H]2O)OC=C(C(=O)OC)[C@H]1CC(=O)O[C@H]1C[C@@H]2C(C(=O)OC)=CO[C@@H](O[C@@H]3O[C@H](CO)[C@@H](O)[C@H](O)[C@H]3O)[C@@H]2[C@H]1C. The van der Waals surface area contributed by atoms with E-state index in [2.05, 4.69) is 6.58 Å². The second-order valence-corrected chi connectivity index (χ2v) is 13.7. The van der Waals surface area contributed by atoms with Gasteiger partial charge in [0.25, 0.3) is 0 Å². The zero-order valence-corrected chi connectivity index (χ0v) is 29.6. The molecule has 304 valence electrons. The lowest BCUT2D eigenvalue weighted by Crippen LogP contribution is -2.60. The van der Waals surface area contributed by atoms with Crippen molar-refractivity contribution in [3.8, 4) is 0 Å². The Morgan fingerprint density at radius 2 is 1.26 bits per heavy atom. The molecule has 0 spiro atoms. The third kappa shape index (κ3) is 8.15. The number of fused-ring (bicyclic) bond motifs is 1. The van der Waals surface area contributed by atoms with Crippen LogP contribution in [0.3, 0.4) is 0 Å². The Morgan fingerprint density at radius 3 is 1.78 bits per heavy atom. The Kier molecular flexibility index (Phi) is 13.7. The van der Waals surface area contributed by atoms with E-state index < -0.39 is 147 Å². The van der Waals surface area contributed by atoms with Crippen molar-refractivity contribution in [3.63, 3.8) is 0 Å². The smallest absolute Gasteiger partial charge is 0.337 e. The molecule has 4 aliphatic heterocycles. The third-order valence-corrected chi connectivity index (χ3v) is 10.7. The van der Waals surface area contributed by atoms with Gasteiger partial charge in [0.2, 0.25) is 12.6 Å². The number of esters is 3. The van der Waals surface area contributed by atoms with Crippen molar-refractivity contribution in [2.24, 2.45) is 29.6 Å². The number of aliphatic hydroxyl groups excluding tert-OH is 8. The molecule has 18 atom stereocenters. The first-order valence-electron chi connectivity index (χ1n) is 17.3. The Bertz CT molecular complexity index is 1420. The number of carbonyl (C=O) groups excluding carboxylic acids is 3. The topological polar surface area (TPSA) is 296 Å². The van der Waals surface area contributed by atoms with Gasteiger partial charge >= 0.3 is 17.9 Å². The van der Waals surface area contributed by atoms with Gasteiger partial charge < -0.3 is 83.5 Å². The van der Waals surface area contributed by atoms with E-state index in [9.17, 15) is 55.2 Å². The molecular formula is C34H48O20. The molecule has 20 nitrogen and oxygen atoms in total. The molecule has 0 aromatic rings. The van der Waals surface area contributed by atoms with Crippen molar-refractivity contribution >= 4 is 17.9 Å². The van der Waals surface area contributed by atoms with Gasteiger partial charge in [0, 0.05) is 29.6 Å². The minimum absolute atomic E-state index is 0.0810. The molecule has 5 rings (SSSR count). The fraction of sp³-hybridized carbons (Fsp3) is 0.735. The molecule has 1 saturated carbocycles. The Balaban J connectivity index is 1.33. The number of carbonyl (C=O) groups is 3. The van der Waals surface area contributed by atoms with Crippen LogP contribution in [0.15, 0.2) is 36.3 Å². The summed E-state index contributed by atoms with van der Waals surface area (Å²) in [6.45, 7) is 4.08. The van der Waals surface area contributed by atoms with Gasteiger partial charge in [0.05, 0.1) is 57.5 Å². The minimum Gasteiger partial charge on any atom is -0.472 e. The van der Waals surface area contributed by atoms with Gasteiger partial charge in [0.15, 0.2) is 12.6 Å². The summed E-state index contributed by atoms with van der Waals surface area (Å²) < 4.78 is 49.8. The highest BCUT2D eigenvalue weighted by Gasteiger charge is 2.55. The maximum atomic E-state index is 13.7. The molecule has 1 aliphatic carbocycles. The summed E-state index contributed by atoms with van der Waals surface area (Å²) in [6, 6.07) is 0. The van der Waals surface area contributed by atoms with Crippen molar-refractivity contribution in [2.45, 2.75) is 99.9 Å². The van der Waals surface area contributed by atoms with Crippen molar-refractivity contribution in [1.29, 1.82) is 0 Å². The summed E-state index contributed by atoms with van der Waals surface area (Å²) in [6.07, 6.45) is -16.4.